The Morgan fingerprint density at radius 2 is 1.73 bits per heavy atom. The number of aryl methyl sites for hydroxylation is 1. The molecule has 0 saturated heterocycles. The summed E-state index contributed by atoms with van der Waals surface area (Å²) in [5.74, 6) is -5.08. The van der Waals surface area contributed by atoms with Crippen LogP contribution < -0.4 is 5.73 Å². The minimum absolute atomic E-state index is 0.125. The second-order valence-corrected chi connectivity index (χ2v) is 6.64. The molecular weight excluding hydrogens is 405 g/mol. The van der Waals surface area contributed by atoms with Crippen molar-refractivity contribution in [2.45, 2.75) is 57.3 Å². The van der Waals surface area contributed by atoms with Crippen molar-refractivity contribution in [2.24, 2.45) is 5.73 Å². The molecule has 30 heavy (non-hydrogen) atoms. The van der Waals surface area contributed by atoms with E-state index in [9.17, 15) is 32.7 Å². The number of carboxylic acid groups (broad SMARTS) is 1. The number of nitrogens with two attached hydrogens (primary N) is 1. The lowest BCUT2D eigenvalue weighted by atomic mass is 9.99. The van der Waals surface area contributed by atoms with Crippen molar-refractivity contribution in [3.8, 4) is 0 Å². The Balaban J connectivity index is 3.31. The molecule has 1 rings (SSSR count). The molecule has 0 saturated carbocycles. The third-order valence-electron chi connectivity index (χ3n) is 4.47. The summed E-state index contributed by atoms with van der Waals surface area (Å²) in [7, 11) is 0. The fourth-order valence-electron chi connectivity index (χ4n) is 3.07. The highest BCUT2D eigenvalue weighted by Crippen LogP contribution is 2.26. The molecule has 0 spiro atoms. The first-order chi connectivity index (χ1) is 14.1. The van der Waals surface area contributed by atoms with Gasteiger partial charge in [0.15, 0.2) is 0 Å². The van der Waals surface area contributed by atoms with Crippen LogP contribution in [0, 0.1) is 0 Å². The number of halogens is 3. The highest BCUT2D eigenvalue weighted by molar-refractivity contribution is 5.91. The van der Waals surface area contributed by atoms with Crippen LogP contribution in [0.25, 0.3) is 0 Å². The third-order valence-corrected chi connectivity index (χ3v) is 4.47. The highest BCUT2D eigenvalue weighted by Gasteiger charge is 2.50. The zero-order valence-electron chi connectivity index (χ0n) is 16.7. The predicted molar refractivity (Wildman–Crippen MR) is 102 cm³/mol. The topological polar surface area (TPSA) is 110 Å². The Bertz CT molecular complexity index is 697. The van der Waals surface area contributed by atoms with Gasteiger partial charge in [0.25, 0.3) is 0 Å². The average Bonchev–Trinajstić information content (AvgIpc) is 2.69. The number of ether oxygens (including phenoxy) is 1. The average molecular weight is 432 g/mol. The minimum Gasteiger partial charge on any atom is -0.480 e. The molecule has 0 aliphatic rings. The number of nitrogens with zero attached hydrogens (tertiary/aromatic N) is 1. The number of hydrogen-bond donors (Lipinski definition) is 2. The lowest BCUT2D eigenvalue weighted by Crippen LogP contribution is -2.58. The molecule has 3 N–H and O–H groups in total. The molecular formula is C20H27F3N2O5. The van der Waals surface area contributed by atoms with Gasteiger partial charge in [-0.3, -0.25) is 4.79 Å². The van der Waals surface area contributed by atoms with Gasteiger partial charge in [-0.2, -0.15) is 13.2 Å². The molecule has 7 nitrogen and oxygen atoms in total. The van der Waals surface area contributed by atoms with Gasteiger partial charge in [-0.1, -0.05) is 30.3 Å². The van der Waals surface area contributed by atoms with Crippen molar-refractivity contribution in [3.63, 3.8) is 0 Å². The number of benzene rings is 1. The number of aliphatic carboxylic acids is 1. The molecule has 1 amide bonds. The number of carbonyl (C=O) groups excluding carboxylic acids is 2. The molecule has 0 heterocycles. The van der Waals surface area contributed by atoms with Gasteiger partial charge in [0.1, 0.15) is 12.1 Å². The molecule has 0 aliphatic carbocycles. The summed E-state index contributed by atoms with van der Waals surface area (Å²) in [6.45, 7) is 1.56. The number of esters is 1. The summed E-state index contributed by atoms with van der Waals surface area (Å²) in [5, 5.41) is 9.56. The van der Waals surface area contributed by atoms with Crippen molar-refractivity contribution >= 4 is 17.8 Å². The Morgan fingerprint density at radius 3 is 2.23 bits per heavy atom. The Morgan fingerprint density at radius 1 is 1.10 bits per heavy atom. The SMILES string of the molecule is CCOC(=O)C(CCc1ccccc1)N(C(=O)C(F)(F)F)[C@@H](CCCCN)C(=O)O. The predicted octanol–water partition coefficient (Wildman–Crippen LogP) is 2.52. The largest absolute Gasteiger partial charge is 0.480 e. The zero-order valence-corrected chi connectivity index (χ0v) is 16.7. The first-order valence-electron chi connectivity index (χ1n) is 9.66. The van der Waals surface area contributed by atoms with Crippen molar-refractivity contribution in [1.82, 2.24) is 4.90 Å². The van der Waals surface area contributed by atoms with E-state index in [2.05, 4.69) is 0 Å². The van der Waals surface area contributed by atoms with Crippen molar-refractivity contribution in [1.29, 1.82) is 0 Å². The number of hydrogen-bond acceptors (Lipinski definition) is 5. The third kappa shape index (κ3) is 7.66. The quantitative estimate of drug-likeness (QED) is 0.388. The molecule has 0 fully saturated rings. The molecule has 168 valence electrons. The van der Waals surface area contributed by atoms with Gasteiger partial charge in [0.2, 0.25) is 0 Å². The van der Waals surface area contributed by atoms with Crippen LogP contribution in [0.4, 0.5) is 13.2 Å². The van der Waals surface area contributed by atoms with Crippen LogP contribution in [0.5, 0.6) is 0 Å². The van der Waals surface area contributed by atoms with E-state index in [0.29, 0.717) is 6.42 Å². The maximum Gasteiger partial charge on any atom is 0.471 e. The lowest BCUT2D eigenvalue weighted by Gasteiger charge is -2.35. The van der Waals surface area contributed by atoms with Gasteiger partial charge in [-0.25, -0.2) is 9.59 Å². The Kier molecular flexibility index (Phi) is 10.3. The van der Waals surface area contributed by atoms with Crippen LogP contribution >= 0.6 is 0 Å². The van der Waals surface area contributed by atoms with Crippen LogP contribution in [0.15, 0.2) is 30.3 Å². The van der Waals surface area contributed by atoms with Crippen molar-refractivity contribution in [3.05, 3.63) is 35.9 Å². The van der Waals surface area contributed by atoms with Gasteiger partial charge in [0.05, 0.1) is 6.61 Å². The highest BCUT2D eigenvalue weighted by atomic mass is 19.4. The maximum atomic E-state index is 13.3. The van der Waals surface area contributed by atoms with E-state index in [-0.39, 0.29) is 43.7 Å². The van der Waals surface area contributed by atoms with Crippen LogP contribution in [0.2, 0.25) is 0 Å². The summed E-state index contributed by atoms with van der Waals surface area (Å²) < 4.78 is 44.9. The second-order valence-electron chi connectivity index (χ2n) is 6.64. The van der Waals surface area contributed by atoms with Crippen LogP contribution in [-0.2, 0) is 25.5 Å². The molecule has 0 radical (unpaired) electrons. The van der Waals surface area contributed by atoms with Crippen LogP contribution in [0.1, 0.15) is 38.2 Å². The van der Waals surface area contributed by atoms with Gasteiger partial charge in [-0.05, 0) is 51.1 Å². The van der Waals surface area contributed by atoms with Crippen LogP contribution in [0.3, 0.4) is 0 Å². The fraction of sp³-hybridized carbons (Fsp3) is 0.550. The molecule has 0 aliphatic heterocycles. The summed E-state index contributed by atoms with van der Waals surface area (Å²) in [6, 6.07) is 5.10. The normalized spacial score (nSPS) is 13.4. The summed E-state index contributed by atoms with van der Waals surface area (Å²) >= 11 is 0. The minimum atomic E-state index is -5.35. The molecule has 0 bridgehead atoms. The Hall–Kier alpha value is -2.62. The second kappa shape index (κ2) is 12.2. The first-order valence-corrected chi connectivity index (χ1v) is 9.66. The molecule has 1 aromatic carbocycles. The number of rotatable bonds is 12. The first kappa shape index (κ1) is 25.4. The lowest BCUT2D eigenvalue weighted by molar-refractivity contribution is -0.195. The maximum absolute atomic E-state index is 13.3. The fourth-order valence-corrected chi connectivity index (χ4v) is 3.07. The number of carboxylic acids is 1. The Labute approximate surface area is 173 Å². The van der Waals surface area contributed by atoms with E-state index in [1.54, 1.807) is 30.3 Å². The van der Waals surface area contributed by atoms with Gasteiger partial charge < -0.3 is 20.5 Å². The van der Waals surface area contributed by atoms with E-state index in [0.717, 1.165) is 5.56 Å². The van der Waals surface area contributed by atoms with Crippen LogP contribution in [-0.4, -0.2) is 59.3 Å². The molecule has 10 heteroatoms. The number of carbonyl (C=O) groups is 3. The molecule has 2 atom stereocenters. The molecule has 0 aromatic heterocycles. The van der Waals surface area contributed by atoms with Crippen molar-refractivity contribution < 1.29 is 37.4 Å². The number of alkyl halides is 3. The summed E-state index contributed by atoms with van der Waals surface area (Å²) in [6.07, 6.45) is -5.13. The van der Waals surface area contributed by atoms with Crippen molar-refractivity contribution in [2.75, 3.05) is 13.2 Å². The van der Waals surface area contributed by atoms with Gasteiger partial charge in [-0.15, -0.1) is 0 Å². The number of amides is 1. The van der Waals surface area contributed by atoms with E-state index >= 15 is 0 Å². The van der Waals surface area contributed by atoms with Gasteiger partial charge in [0, 0.05) is 0 Å². The standard InChI is InChI=1S/C20H27F3N2O5/c1-2-30-18(28)16(12-11-14-8-4-3-5-9-14)25(19(29)20(21,22)23)15(17(26)27)10-6-7-13-24/h3-5,8-9,15-16H,2,6-7,10-13,24H2,1H3,(H,26,27)/t15-,16?/m0/s1. The van der Waals surface area contributed by atoms with E-state index < -0.39 is 36.1 Å². The zero-order chi connectivity index (χ0) is 22.7. The molecule has 1 aromatic rings. The smallest absolute Gasteiger partial charge is 0.471 e. The van der Waals surface area contributed by atoms with E-state index in [4.69, 9.17) is 10.5 Å². The monoisotopic (exact) mass is 432 g/mol. The van der Waals surface area contributed by atoms with Gasteiger partial charge >= 0.3 is 24.0 Å². The van der Waals surface area contributed by atoms with E-state index in [1.807, 2.05) is 0 Å². The summed E-state index contributed by atoms with van der Waals surface area (Å²) in [4.78, 5) is 36.6. The summed E-state index contributed by atoms with van der Waals surface area (Å²) in [5.41, 5.74) is 6.10. The number of unbranched alkanes of at least 4 members (excludes halogenated alkanes) is 1. The van der Waals surface area contributed by atoms with E-state index in [1.165, 1.54) is 6.92 Å². The molecule has 1 unspecified atom stereocenters.